The van der Waals surface area contributed by atoms with E-state index < -0.39 is 18.1 Å². The number of thiazole rings is 1. The number of rotatable bonds is 19. The lowest BCUT2D eigenvalue weighted by Crippen LogP contribution is -2.54. The lowest BCUT2D eigenvalue weighted by atomic mass is 9.91. The summed E-state index contributed by atoms with van der Waals surface area (Å²) in [5, 5.41) is 26.6. The van der Waals surface area contributed by atoms with Gasteiger partial charge >= 0.3 is 0 Å². The Morgan fingerprint density at radius 2 is 1.68 bits per heavy atom. The molecule has 5 aromatic heterocycles. The quantitative estimate of drug-likeness (QED) is 0.0518. The number of hydrogen-bond acceptors (Lipinski definition) is 19. The number of carbonyl (C=O) groups is 2. The highest BCUT2D eigenvalue weighted by Crippen LogP contribution is 2.41. The standard InChI is InChI=1S/C60H65N11O9S/c1-35(2)56(60(74)70-32-44(72)24-51(70)59(73)65-36(3)38-12-14-39(15-13-38)57-37(4)64-33-81-57)53-28-55(68-80-53)76-22-8-9-40-16-19-45(29-63-40)78-46-25-47(26-46)79-54-23-41(20-21-62-54)71-42-17-18-43(71)31-69(30-42)50-27-49(66-67-58(50)61)48-10-6-7-11-52(48)77-34-75-5/h6-7,10-16,19-21,23,27-29,33,35-36,42-44,46-47,51,56,72H,17-18,22,24-26,30-32,34H2,1-5H3,(H2,61,67)(H,65,73)/t36-,42?,43?,44+,46?,47?,51-,56?/m0/s1. The summed E-state index contributed by atoms with van der Waals surface area (Å²) >= 11 is 1.58. The third-order valence-corrected chi connectivity index (χ3v) is 16.4. The average molecular weight is 1120 g/mol. The molecule has 8 heterocycles. The number of aryl methyl sites for hydroxylation is 1. The first-order valence-corrected chi connectivity index (χ1v) is 28.2. The van der Waals surface area contributed by atoms with Crippen LogP contribution in [0.4, 0.5) is 17.2 Å². The Morgan fingerprint density at radius 3 is 2.42 bits per heavy atom. The number of amides is 2. The maximum Gasteiger partial charge on any atom is 0.255 e. The Balaban J connectivity index is 0.627. The van der Waals surface area contributed by atoms with Crippen molar-refractivity contribution in [1.29, 1.82) is 0 Å². The van der Waals surface area contributed by atoms with Crippen LogP contribution in [0.3, 0.4) is 0 Å². The van der Waals surface area contributed by atoms with E-state index in [2.05, 4.69) is 63.3 Å². The summed E-state index contributed by atoms with van der Waals surface area (Å²) in [5.41, 5.74) is 15.2. The molecule has 3 unspecified atom stereocenters. The fourth-order valence-corrected chi connectivity index (χ4v) is 12.1. The molecule has 0 spiro atoms. The molecule has 1 saturated carbocycles. The summed E-state index contributed by atoms with van der Waals surface area (Å²) in [6, 6.07) is 26.4. The summed E-state index contributed by atoms with van der Waals surface area (Å²) in [6.45, 7) is 9.37. The van der Waals surface area contributed by atoms with Gasteiger partial charge < -0.3 is 59.1 Å². The minimum Gasteiger partial charge on any atom is -0.489 e. The number of methoxy groups -OCH3 is 1. The van der Waals surface area contributed by atoms with Gasteiger partial charge in [0.05, 0.1) is 45.8 Å². The number of aromatic nitrogens is 6. The van der Waals surface area contributed by atoms with Crippen molar-refractivity contribution >= 4 is 40.3 Å². The van der Waals surface area contributed by atoms with Gasteiger partial charge in [-0.2, -0.15) is 0 Å². The van der Waals surface area contributed by atoms with E-state index in [9.17, 15) is 14.7 Å². The van der Waals surface area contributed by atoms with E-state index in [1.165, 1.54) is 4.90 Å². The number of aliphatic hydroxyl groups excluding tert-OH is 1. The van der Waals surface area contributed by atoms with Crippen molar-refractivity contribution in [2.45, 2.75) is 108 Å². The number of para-hydroxylation sites is 1. The van der Waals surface area contributed by atoms with Gasteiger partial charge in [-0.05, 0) is 91.2 Å². The van der Waals surface area contributed by atoms with Gasteiger partial charge in [0.1, 0.15) is 41.4 Å². The van der Waals surface area contributed by atoms with Gasteiger partial charge in [-0.25, -0.2) is 15.0 Å². The highest BCUT2D eigenvalue weighted by molar-refractivity contribution is 7.13. The van der Waals surface area contributed by atoms with Crippen molar-refractivity contribution in [1.82, 2.24) is 40.5 Å². The summed E-state index contributed by atoms with van der Waals surface area (Å²) < 4.78 is 35.0. The number of ether oxygens (including phenoxy) is 5. The van der Waals surface area contributed by atoms with E-state index in [-0.39, 0.29) is 80.3 Å². The summed E-state index contributed by atoms with van der Waals surface area (Å²) in [5.74, 6) is 7.03. The molecule has 2 bridgehead atoms. The molecule has 3 saturated heterocycles. The second-order valence-electron chi connectivity index (χ2n) is 21.3. The van der Waals surface area contributed by atoms with E-state index in [0.717, 1.165) is 64.6 Å². The number of anilines is 3. The van der Waals surface area contributed by atoms with E-state index in [1.54, 1.807) is 36.8 Å². The number of pyridine rings is 2. The second kappa shape index (κ2) is 24.2. The van der Waals surface area contributed by atoms with Crippen LogP contribution in [0.15, 0.2) is 107 Å². The minimum absolute atomic E-state index is 0.0123. The number of likely N-dealkylation sites (tertiary alicyclic amines) is 1. The van der Waals surface area contributed by atoms with Crippen LogP contribution in [0.2, 0.25) is 0 Å². The largest absolute Gasteiger partial charge is 0.489 e. The molecule has 7 aromatic rings. The van der Waals surface area contributed by atoms with Crippen LogP contribution in [0.1, 0.15) is 87.5 Å². The summed E-state index contributed by atoms with van der Waals surface area (Å²) in [4.78, 5) is 48.7. The molecule has 2 amide bonds. The molecule has 81 heavy (non-hydrogen) atoms. The van der Waals surface area contributed by atoms with Crippen LogP contribution in [-0.2, 0) is 14.3 Å². The number of carbonyl (C=O) groups excluding carboxylic acids is 2. The molecule has 3 aliphatic heterocycles. The summed E-state index contributed by atoms with van der Waals surface area (Å²) in [6.07, 6.45) is 6.21. The Morgan fingerprint density at radius 1 is 0.889 bits per heavy atom. The van der Waals surface area contributed by atoms with Crippen molar-refractivity contribution in [3.63, 3.8) is 0 Å². The zero-order valence-corrected chi connectivity index (χ0v) is 46.6. The number of fused-ring (bicyclic) bond motifs is 2. The monoisotopic (exact) mass is 1120 g/mol. The molecule has 11 rings (SSSR count). The third-order valence-electron chi connectivity index (χ3n) is 15.4. The zero-order chi connectivity index (χ0) is 56.1. The molecular weight excluding hydrogens is 1050 g/mol. The van der Waals surface area contributed by atoms with E-state index in [1.807, 2.05) is 106 Å². The number of nitrogens with one attached hydrogen (secondary N) is 1. The molecule has 20 nitrogen and oxygen atoms in total. The SMILES string of the molecule is COCOc1ccccc1-c1cc(N2CC3CCC(C2)N3c2ccnc(OC3CC(Oc4ccc(C#CCOc5cc(C(C(=O)N6C[C@H](O)C[C@H]6C(=O)N[C@@H](C)c6ccc(-c7scnc7C)cc6)C(C)C)on5)nc4)C3)c2)c(N)nn1. The van der Waals surface area contributed by atoms with Crippen LogP contribution in [0, 0.1) is 24.7 Å². The van der Waals surface area contributed by atoms with Gasteiger partial charge in [0.2, 0.25) is 17.7 Å². The predicted molar refractivity (Wildman–Crippen MR) is 304 cm³/mol. The lowest BCUT2D eigenvalue weighted by Gasteiger charge is -2.43. The maximum absolute atomic E-state index is 14.2. The van der Waals surface area contributed by atoms with Crippen LogP contribution in [0.25, 0.3) is 21.7 Å². The molecule has 4 aliphatic rings. The van der Waals surface area contributed by atoms with E-state index in [4.69, 9.17) is 33.9 Å². The van der Waals surface area contributed by atoms with Gasteiger partial charge in [0.15, 0.2) is 25.0 Å². The number of hydrogen-bond donors (Lipinski definition) is 3. The Bertz CT molecular complexity index is 3380. The Hall–Kier alpha value is -8.32. The van der Waals surface area contributed by atoms with Crippen molar-refractivity contribution in [2.24, 2.45) is 5.92 Å². The van der Waals surface area contributed by atoms with Crippen LogP contribution < -0.4 is 39.8 Å². The van der Waals surface area contributed by atoms with Crippen LogP contribution >= 0.6 is 11.3 Å². The minimum atomic E-state index is -0.860. The smallest absolute Gasteiger partial charge is 0.255 e. The molecule has 4 N–H and O–H groups in total. The van der Waals surface area contributed by atoms with Crippen molar-refractivity contribution in [3.05, 3.63) is 126 Å². The molecule has 1 aliphatic carbocycles. The first-order valence-electron chi connectivity index (χ1n) is 27.4. The zero-order valence-electron chi connectivity index (χ0n) is 45.8. The van der Waals surface area contributed by atoms with Gasteiger partial charge in [0, 0.05) is 87.7 Å². The predicted octanol–water partition coefficient (Wildman–Crippen LogP) is 7.77. The van der Waals surface area contributed by atoms with Crippen LogP contribution in [0.5, 0.6) is 23.3 Å². The number of piperazine rings is 1. The number of β-amino-alcohol motifs (C(OH)–C–C–N with tert-alkyl or cyclic N) is 1. The van der Waals surface area contributed by atoms with Gasteiger partial charge in [-0.15, -0.1) is 21.5 Å². The Kier molecular flexibility index (Phi) is 16.3. The lowest BCUT2D eigenvalue weighted by molar-refractivity contribution is -0.141. The number of nitrogens with two attached hydrogens (primary N) is 1. The molecule has 2 aromatic carbocycles. The molecule has 4 fully saturated rings. The van der Waals surface area contributed by atoms with Gasteiger partial charge in [0.25, 0.3) is 5.88 Å². The fraction of sp³-hybridized carbons (Fsp3) is 0.400. The first kappa shape index (κ1) is 54.6. The van der Waals surface area contributed by atoms with Crippen molar-refractivity contribution in [2.75, 3.05) is 55.7 Å². The molecule has 6 atom stereocenters. The number of nitrogen functional groups attached to an aromatic ring is 1. The van der Waals surface area contributed by atoms with Crippen LogP contribution in [-0.4, -0.2) is 129 Å². The highest BCUT2D eigenvalue weighted by atomic mass is 32.1. The molecule has 420 valence electrons. The van der Waals surface area contributed by atoms with Crippen molar-refractivity contribution < 1.29 is 42.9 Å². The normalized spacial score (nSPS) is 21.0. The molecule has 0 radical (unpaired) electrons. The average Bonchev–Trinajstić information content (AvgIpc) is 4.48. The van der Waals surface area contributed by atoms with E-state index >= 15 is 0 Å². The molecule has 21 heteroatoms. The number of aliphatic hydroxyl groups is 1. The number of benzene rings is 2. The third kappa shape index (κ3) is 12.2. The van der Waals surface area contributed by atoms with E-state index in [0.29, 0.717) is 53.2 Å². The topological polar surface area (TPSA) is 239 Å². The second-order valence-corrected chi connectivity index (χ2v) is 22.2. The van der Waals surface area contributed by atoms with Gasteiger partial charge in [-0.3, -0.25) is 9.59 Å². The summed E-state index contributed by atoms with van der Waals surface area (Å²) in [7, 11) is 1.59. The van der Waals surface area contributed by atoms with Gasteiger partial charge in [-0.1, -0.05) is 56.2 Å². The fourth-order valence-electron chi connectivity index (χ4n) is 11.3. The van der Waals surface area contributed by atoms with Crippen molar-refractivity contribution in [3.8, 4) is 56.8 Å². The first-order chi connectivity index (χ1) is 39.3. The maximum atomic E-state index is 14.2. The Labute approximate surface area is 473 Å². The highest BCUT2D eigenvalue weighted by Gasteiger charge is 2.44. The number of nitrogens with zero attached hydrogens (tertiary/aromatic N) is 9. The molecular formula is C60H65N11O9S.